The van der Waals surface area contributed by atoms with Gasteiger partial charge in [-0.3, -0.25) is 4.90 Å². The fourth-order valence-corrected chi connectivity index (χ4v) is 3.25. The third-order valence-electron chi connectivity index (χ3n) is 4.14. The average molecular weight is 341 g/mol. The van der Waals surface area contributed by atoms with Crippen LogP contribution in [0.4, 0.5) is 0 Å². The number of halogens is 1. The van der Waals surface area contributed by atoms with Gasteiger partial charge in [-0.05, 0) is 46.5 Å². The molecule has 1 heterocycles. The molecule has 0 radical (unpaired) electrons. The van der Waals surface area contributed by atoms with E-state index in [0.717, 1.165) is 29.9 Å². The number of benzene rings is 1. The Morgan fingerprint density at radius 1 is 1.45 bits per heavy atom. The minimum absolute atomic E-state index is 0.575. The molecule has 0 bridgehead atoms. The zero-order chi connectivity index (χ0) is 14.7. The van der Waals surface area contributed by atoms with E-state index in [0.29, 0.717) is 18.0 Å². The number of ether oxygens (including phenoxy) is 1. The van der Waals surface area contributed by atoms with Gasteiger partial charge in [-0.25, -0.2) is 0 Å². The van der Waals surface area contributed by atoms with Gasteiger partial charge in [0.2, 0.25) is 0 Å². The second-order valence-electron chi connectivity index (χ2n) is 6.01. The van der Waals surface area contributed by atoms with Gasteiger partial charge in [0.15, 0.2) is 0 Å². The van der Waals surface area contributed by atoms with Crippen LogP contribution < -0.4 is 10.1 Å². The van der Waals surface area contributed by atoms with Crippen LogP contribution in [0, 0.1) is 5.92 Å². The van der Waals surface area contributed by atoms with Crippen molar-refractivity contribution in [2.75, 3.05) is 20.2 Å². The van der Waals surface area contributed by atoms with E-state index in [-0.39, 0.29) is 0 Å². The molecule has 2 rings (SSSR count). The molecular formula is C16H25BrN2O. The van der Waals surface area contributed by atoms with Crippen molar-refractivity contribution in [3.63, 3.8) is 0 Å². The molecule has 4 heteroatoms. The number of hydrogen-bond acceptors (Lipinski definition) is 3. The molecule has 1 aliphatic rings. The zero-order valence-electron chi connectivity index (χ0n) is 12.8. The molecule has 1 aliphatic heterocycles. The normalized spacial score (nSPS) is 24.1. The van der Waals surface area contributed by atoms with Gasteiger partial charge in [-0.1, -0.05) is 19.9 Å². The fourth-order valence-electron chi connectivity index (χ4n) is 2.66. The summed E-state index contributed by atoms with van der Waals surface area (Å²) in [6, 6.07) is 7.52. The lowest BCUT2D eigenvalue weighted by molar-refractivity contribution is 0.116. The maximum atomic E-state index is 5.29. The minimum Gasteiger partial charge on any atom is -0.496 e. The molecule has 2 atom stereocenters. The summed E-state index contributed by atoms with van der Waals surface area (Å²) in [5.74, 6) is 1.56. The Morgan fingerprint density at radius 3 is 2.80 bits per heavy atom. The molecule has 0 aliphatic carbocycles. The van der Waals surface area contributed by atoms with Crippen molar-refractivity contribution >= 4 is 15.9 Å². The number of piperazine rings is 1. The van der Waals surface area contributed by atoms with E-state index in [9.17, 15) is 0 Å². The summed E-state index contributed by atoms with van der Waals surface area (Å²) in [4.78, 5) is 2.56. The van der Waals surface area contributed by atoms with Gasteiger partial charge in [0.1, 0.15) is 5.75 Å². The Morgan fingerprint density at radius 2 is 2.20 bits per heavy atom. The van der Waals surface area contributed by atoms with E-state index in [1.165, 1.54) is 5.56 Å². The lowest BCUT2D eigenvalue weighted by Gasteiger charge is -2.40. The lowest BCUT2D eigenvalue weighted by atomic mass is 9.99. The maximum Gasteiger partial charge on any atom is 0.133 e. The topological polar surface area (TPSA) is 24.5 Å². The van der Waals surface area contributed by atoms with Crippen LogP contribution in [0.5, 0.6) is 5.75 Å². The molecule has 1 N–H and O–H groups in total. The van der Waals surface area contributed by atoms with Crippen molar-refractivity contribution in [2.24, 2.45) is 5.92 Å². The highest BCUT2D eigenvalue weighted by atomic mass is 79.9. The largest absolute Gasteiger partial charge is 0.496 e. The summed E-state index contributed by atoms with van der Waals surface area (Å²) in [6.45, 7) is 10.0. The van der Waals surface area contributed by atoms with Crippen molar-refractivity contribution < 1.29 is 4.74 Å². The molecule has 20 heavy (non-hydrogen) atoms. The lowest BCUT2D eigenvalue weighted by Crippen LogP contribution is -2.56. The molecule has 0 amide bonds. The Kier molecular flexibility index (Phi) is 5.47. The first-order chi connectivity index (χ1) is 9.51. The summed E-state index contributed by atoms with van der Waals surface area (Å²) < 4.78 is 6.32. The predicted octanol–water partition coefficient (Wildman–Crippen LogP) is 3.28. The van der Waals surface area contributed by atoms with Crippen LogP contribution in [0.15, 0.2) is 22.7 Å². The molecule has 1 aromatic carbocycles. The summed E-state index contributed by atoms with van der Waals surface area (Å²) in [5.41, 5.74) is 1.33. The quantitative estimate of drug-likeness (QED) is 0.910. The highest BCUT2D eigenvalue weighted by Crippen LogP contribution is 2.26. The zero-order valence-corrected chi connectivity index (χ0v) is 14.4. The molecule has 0 saturated carbocycles. The minimum atomic E-state index is 0.575. The molecule has 1 aromatic rings. The molecule has 1 fully saturated rings. The van der Waals surface area contributed by atoms with E-state index in [1.807, 2.05) is 6.07 Å². The third kappa shape index (κ3) is 3.74. The molecule has 1 saturated heterocycles. The first-order valence-corrected chi connectivity index (χ1v) is 8.10. The van der Waals surface area contributed by atoms with Crippen molar-refractivity contribution in [1.82, 2.24) is 10.2 Å². The number of nitrogens with one attached hydrogen (secondary N) is 1. The Balaban J connectivity index is 2.05. The molecule has 112 valence electrons. The van der Waals surface area contributed by atoms with E-state index in [2.05, 4.69) is 59.1 Å². The first kappa shape index (κ1) is 15.8. The van der Waals surface area contributed by atoms with E-state index >= 15 is 0 Å². The van der Waals surface area contributed by atoms with E-state index in [4.69, 9.17) is 4.74 Å². The summed E-state index contributed by atoms with van der Waals surface area (Å²) >= 11 is 3.57. The van der Waals surface area contributed by atoms with Crippen LogP contribution in [0.25, 0.3) is 0 Å². The molecule has 0 aromatic heterocycles. The van der Waals surface area contributed by atoms with E-state index < -0.39 is 0 Å². The van der Waals surface area contributed by atoms with Crippen molar-refractivity contribution in [2.45, 2.75) is 39.4 Å². The maximum absolute atomic E-state index is 5.29. The van der Waals surface area contributed by atoms with Gasteiger partial charge in [0.25, 0.3) is 0 Å². The molecule has 0 spiro atoms. The fraction of sp³-hybridized carbons (Fsp3) is 0.625. The van der Waals surface area contributed by atoms with Crippen LogP contribution in [0.2, 0.25) is 0 Å². The highest BCUT2D eigenvalue weighted by molar-refractivity contribution is 9.10. The van der Waals surface area contributed by atoms with Crippen LogP contribution in [-0.2, 0) is 6.54 Å². The van der Waals surface area contributed by atoms with Crippen molar-refractivity contribution in [1.29, 1.82) is 0 Å². The third-order valence-corrected chi connectivity index (χ3v) is 4.76. The molecule has 2 unspecified atom stereocenters. The number of nitrogens with zero attached hydrogens (tertiary/aromatic N) is 1. The first-order valence-electron chi connectivity index (χ1n) is 7.31. The van der Waals surface area contributed by atoms with Crippen LogP contribution in [0.1, 0.15) is 26.3 Å². The van der Waals surface area contributed by atoms with Gasteiger partial charge in [0.05, 0.1) is 11.6 Å². The smallest absolute Gasteiger partial charge is 0.133 e. The Hall–Kier alpha value is -0.580. The monoisotopic (exact) mass is 340 g/mol. The van der Waals surface area contributed by atoms with Gasteiger partial charge < -0.3 is 10.1 Å². The Bertz CT molecular complexity index is 450. The number of hydrogen-bond donors (Lipinski definition) is 1. The van der Waals surface area contributed by atoms with Crippen molar-refractivity contribution in [3.8, 4) is 5.75 Å². The summed E-state index contributed by atoms with van der Waals surface area (Å²) in [6.07, 6.45) is 0. The molecular weight excluding hydrogens is 316 g/mol. The summed E-state index contributed by atoms with van der Waals surface area (Å²) in [7, 11) is 1.70. The van der Waals surface area contributed by atoms with E-state index in [1.54, 1.807) is 7.11 Å². The molecule has 3 nitrogen and oxygen atoms in total. The summed E-state index contributed by atoms with van der Waals surface area (Å²) in [5, 5.41) is 3.64. The van der Waals surface area contributed by atoms with Gasteiger partial charge in [-0.2, -0.15) is 0 Å². The standard InChI is InChI=1S/C16H25BrN2O/c1-11(2)15-10-19(12(3)8-18-15)9-13-5-6-16(20-4)14(17)7-13/h5-7,11-12,15,18H,8-10H2,1-4H3. The highest BCUT2D eigenvalue weighted by Gasteiger charge is 2.26. The predicted molar refractivity (Wildman–Crippen MR) is 87.2 cm³/mol. The average Bonchev–Trinajstić information content (AvgIpc) is 2.41. The second-order valence-corrected chi connectivity index (χ2v) is 6.86. The number of rotatable bonds is 4. The van der Waals surface area contributed by atoms with Crippen LogP contribution >= 0.6 is 15.9 Å². The van der Waals surface area contributed by atoms with Crippen LogP contribution in [-0.4, -0.2) is 37.2 Å². The van der Waals surface area contributed by atoms with Gasteiger partial charge >= 0.3 is 0 Å². The van der Waals surface area contributed by atoms with Gasteiger partial charge in [-0.15, -0.1) is 0 Å². The Labute approximate surface area is 130 Å². The van der Waals surface area contributed by atoms with Crippen molar-refractivity contribution in [3.05, 3.63) is 28.2 Å². The van der Waals surface area contributed by atoms with Crippen LogP contribution in [0.3, 0.4) is 0 Å². The SMILES string of the molecule is COc1ccc(CN2CC(C(C)C)NCC2C)cc1Br. The number of methoxy groups -OCH3 is 1. The van der Waals surface area contributed by atoms with Gasteiger partial charge in [0, 0.05) is 31.7 Å². The second kappa shape index (κ2) is 6.92.